The fourth-order valence-corrected chi connectivity index (χ4v) is 2.52. The summed E-state index contributed by atoms with van der Waals surface area (Å²) in [5.41, 5.74) is 0.972. The van der Waals surface area contributed by atoms with Crippen molar-refractivity contribution in [3.63, 3.8) is 0 Å². The summed E-state index contributed by atoms with van der Waals surface area (Å²) in [6, 6.07) is 5.36. The summed E-state index contributed by atoms with van der Waals surface area (Å²) in [6.07, 6.45) is 0. The Kier molecular flexibility index (Phi) is 7.93. The Morgan fingerprint density at radius 2 is 2.00 bits per heavy atom. The fourth-order valence-electron chi connectivity index (χ4n) is 1.43. The number of rotatable bonds is 7. The van der Waals surface area contributed by atoms with Gasteiger partial charge in [0.25, 0.3) is 5.91 Å². The van der Waals surface area contributed by atoms with Gasteiger partial charge in [-0.2, -0.15) is 0 Å². The van der Waals surface area contributed by atoms with E-state index in [1.807, 2.05) is 19.9 Å². The van der Waals surface area contributed by atoms with E-state index in [0.29, 0.717) is 15.8 Å². The number of benzene rings is 1. The minimum absolute atomic E-state index is 0.0280. The third-order valence-corrected chi connectivity index (χ3v) is 4.00. The molecular weight excluding hydrogens is 333 g/mol. The third kappa shape index (κ3) is 7.60. The van der Waals surface area contributed by atoms with Crippen LogP contribution in [0.4, 0.5) is 0 Å². The number of carbonyl (C=O) groups is 2. The van der Waals surface area contributed by atoms with E-state index in [-0.39, 0.29) is 24.3 Å². The molecule has 1 aromatic carbocycles. The first-order chi connectivity index (χ1) is 9.88. The molecule has 1 N–H and O–H groups in total. The van der Waals surface area contributed by atoms with Gasteiger partial charge in [-0.1, -0.05) is 29.3 Å². The molecule has 1 aromatic rings. The van der Waals surface area contributed by atoms with Crippen LogP contribution < -0.4 is 5.32 Å². The van der Waals surface area contributed by atoms with Gasteiger partial charge in [-0.15, -0.1) is 11.8 Å². The zero-order valence-corrected chi connectivity index (χ0v) is 14.1. The molecule has 0 atom stereocenters. The Bertz CT molecular complexity index is 509. The molecule has 4 nitrogen and oxygen atoms in total. The fraction of sp³-hybridized carbons (Fsp3) is 0.429. The summed E-state index contributed by atoms with van der Waals surface area (Å²) in [5, 5.41) is 3.63. The summed E-state index contributed by atoms with van der Waals surface area (Å²) < 4.78 is 4.87. The summed E-state index contributed by atoms with van der Waals surface area (Å²) in [7, 11) is 0. The zero-order valence-electron chi connectivity index (χ0n) is 11.8. The first-order valence-corrected chi connectivity index (χ1v) is 8.26. The van der Waals surface area contributed by atoms with Crippen molar-refractivity contribution in [1.82, 2.24) is 5.32 Å². The van der Waals surface area contributed by atoms with Crippen LogP contribution in [0.2, 0.25) is 10.0 Å². The molecule has 0 aliphatic heterocycles. The van der Waals surface area contributed by atoms with Gasteiger partial charge in [0, 0.05) is 11.8 Å². The van der Waals surface area contributed by atoms with Gasteiger partial charge in [0.2, 0.25) is 0 Å². The van der Waals surface area contributed by atoms with E-state index >= 15 is 0 Å². The summed E-state index contributed by atoms with van der Waals surface area (Å²) >= 11 is 13.1. The first kappa shape index (κ1) is 18.1. The molecule has 116 valence electrons. The van der Waals surface area contributed by atoms with E-state index in [0.717, 1.165) is 5.56 Å². The third-order valence-electron chi connectivity index (χ3n) is 2.29. The summed E-state index contributed by atoms with van der Waals surface area (Å²) in [4.78, 5) is 22.8. The molecule has 0 fully saturated rings. The SMILES string of the molecule is CC(C)NC(=O)COC(=O)CSCc1ccc(Cl)c(Cl)c1. The van der Waals surface area contributed by atoms with Gasteiger partial charge in [0.05, 0.1) is 15.8 Å². The number of thioether (sulfide) groups is 1. The molecule has 0 saturated carbocycles. The molecule has 0 unspecified atom stereocenters. The second-order valence-electron chi connectivity index (χ2n) is 4.62. The van der Waals surface area contributed by atoms with Gasteiger partial charge in [-0.25, -0.2) is 0 Å². The summed E-state index contributed by atoms with van der Waals surface area (Å²) in [6.45, 7) is 3.43. The second kappa shape index (κ2) is 9.18. The molecule has 21 heavy (non-hydrogen) atoms. The maximum atomic E-state index is 11.5. The molecule has 0 heterocycles. The molecule has 1 amide bonds. The van der Waals surface area contributed by atoms with Crippen LogP contribution in [0.25, 0.3) is 0 Å². The molecule has 0 bridgehead atoms. The van der Waals surface area contributed by atoms with Crippen molar-refractivity contribution in [2.75, 3.05) is 12.4 Å². The van der Waals surface area contributed by atoms with E-state index in [1.165, 1.54) is 11.8 Å². The normalized spacial score (nSPS) is 10.5. The van der Waals surface area contributed by atoms with Crippen molar-refractivity contribution in [2.45, 2.75) is 25.6 Å². The largest absolute Gasteiger partial charge is 0.455 e. The van der Waals surface area contributed by atoms with E-state index in [2.05, 4.69) is 5.32 Å². The van der Waals surface area contributed by atoms with Crippen LogP contribution in [-0.2, 0) is 20.1 Å². The van der Waals surface area contributed by atoms with Crippen LogP contribution in [0, 0.1) is 0 Å². The van der Waals surface area contributed by atoms with Crippen LogP contribution in [0.15, 0.2) is 18.2 Å². The Balaban J connectivity index is 2.24. The van der Waals surface area contributed by atoms with E-state index in [9.17, 15) is 9.59 Å². The lowest BCUT2D eigenvalue weighted by Crippen LogP contribution is -2.34. The number of carbonyl (C=O) groups excluding carboxylic acids is 2. The highest BCUT2D eigenvalue weighted by Gasteiger charge is 2.09. The van der Waals surface area contributed by atoms with E-state index in [1.54, 1.807) is 12.1 Å². The number of halogens is 2. The molecule has 7 heteroatoms. The van der Waals surface area contributed by atoms with Gasteiger partial charge in [-0.3, -0.25) is 9.59 Å². The molecule has 0 saturated heterocycles. The van der Waals surface area contributed by atoms with Gasteiger partial charge in [0.15, 0.2) is 6.61 Å². The highest BCUT2D eigenvalue weighted by atomic mass is 35.5. The van der Waals surface area contributed by atoms with Crippen molar-refractivity contribution in [3.8, 4) is 0 Å². The van der Waals surface area contributed by atoms with Gasteiger partial charge in [0.1, 0.15) is 0 Å². The van der Waals surface area contributed by atoms with Gasteiger partial charge in [-0.05, 0) is 31.5 Å². The lowest BCUT2D eigenvalue weighted by molar-refractivity contribution is -0.146. The number of amides is 1. The minimum Gasteiger partial charge on any atom is -0.455 e. The smallest absolute Gasteiger partial charge is 0.316 e. The number of ether oxygens (including phenoxy) is 1. The predicted molar refractivity (Wildman–Crippen MR) is 86.9 cm³/mol. The highest BCUT2D eigenvalue weighted by Crippen LogP contribution is 2.24. The molecule has 0 aromatic heterocycles. The number of nitrogens with one attached hydrogen (secondary N) is 1. The lowest BCUT2D eigenvalue weighted by Gasteiger charge is -2.08. The van der Waals surface area contributed by atoms with Crippen LogP contribution in [0.5, 0.6) is 0 Å². The van der Waals surface area contributed by atoms with Crippen molar-refractivity contribution < 1.29 is 14.3 Å². The minimum atomic E-state index is -0.418. The maximum Gasteiger partial charge on any atom is 0.316 e. The van der Waals surface area contributed by atoms with E-state index in [4.69, 9.17) is 27.9 Å². The molecule has 0 radical (unpaired) electrons. The molecule has 0 aliphatic rings. The molecule has 1 rings (SSSR count). The van der Waals surface area contributed by atoms with Gasteiger partial charge < -0.3 is 10.1 Å². The van der Waals surface area contributed by atoms with Gasteiger partial charge >= 0.3 is 5.97 Å². The average molecular weight is 350 g/mol. The standard InChI is InChI=1S/C14H17Cl2NO3S/c1-9(2)17-13(18)6-20-14(19)8-21-7-10-3-4-11(15)12(16)5-10/h3-5,9H,6-8H2,1-2H3,(H,17,18). The lowest BCUT2D eigenvalue weighted by atomic mass is 10.2. The van der Waals surface area contributed by atoms with Crippen molar-refractivity contribution >= 4 is 46.8 Å². The quantitative estimate of drug-likeness (QED) is 0.767. The highest BCUT2D eigenvalue weighted by molar-refractivity contribution is 7.99. The average Bonchev–Trinajstić information content (AvgIpc) is 2.40. The Morgan fingerprint density at radius 1 is 1.29 bits per heavy atom. The Hall–Kier alpha value is -0.910. The van der Waals surface area contributed by atoms with Crippen LogP contribution in [0.1, 0.15) is 19.4 Å². The van der Waals surface area contributed by atoms with Crippen LogP contribution in [-0.4, -0.2) is 30.3 Å². The second-order valence-corrected chi connectivity index (χ2v) is 6.42. The first-order valence-electron chi connectivity index (χ1n) is 6.35. The Labute approximate surface area is 138 Å². The zero-order chi connectivity index (χ0) is 15.8. The monoisotopic (exact) mass is 349 g/mol. The van der Waals surface area contributed by atoms with Crippen molar-refractivity contribution in [1.29, 1.82) is 0 Å². The predicted octanol–water partition coefficient (Wildman–Crippen LogP) is 3.29. The van der Waals surface area contributed by atoms with Crippen molar-refractivity contribution in [2.24, 2.45) is 0 Å². The van der Waals surface area contributed by atoms with Crippen LogP contribution in [0.3, 0.4) is 0 Å². The molecule has 0 aliphatic carbocycles. The number of esters is 1. The topological polar surface area (TPSA) is 55.4 Å². The van der Waals surface area contributed by atoms with Crippen molar-refractivity contribution in [3.05, 3.63) is 33.8 Å². The number of hydrogen-bond acceptors (Lipinski definition) is 4. The molecular formula is C14H17Cl2NO3S. The number of hydrogen-bond donors (Lipinski definition) is 1. The Morgan fingerprint density at radius 3 is 2.62 bits per heavy atom. The van der Waals surface area contributed by atoms with Crippen LogP contribution >= 0.6 is 35.0 Å². The molecule has 0 spiro atoms. The maximum absolute atomic E-state index is 11.5. The summed E-state index contributed by atoms with van der Waals surface area (Å²) in [5.74, 6) is 0.0751. The van der Waals surface area contributed by atoms with E-state index < -0.39 is 5.97 Å².